The van der Waals surface area contributed by atoms with Crippen LogP contribution in [0.5, 0.6) is 0 Å². The summed E-state index contributed by atoms with van der Waals surface area (Å²) >= 11 is 0. The number of nitrogens with zero attached hydrogens (tertiary/aromatic N) is 6. The highest BCUT2D eigenvalue weighted by atomic mass is 16.3. The fourth-order valence-corrected chi connectivity index (χ4v) is 2.31. The Morgan fingerprint density at radius 1 is 1.36 bits per heavy atom. The smallest absolute Gasteiger partial charge is 0.330 e. The summed E-state index contributed by atoms with van der Waals surface area (Å²) in [7, 11) is 1.52. The highest BCUT2D eigenvalue weighted by molar-refractivity contribution is 5.93. The van der Waals surface area contributed by atoms with Crippen molar-refractivity contribution in [2.75, 3.05) is 17.8 Å². The number of nitrogens with one attached hydrogen (secondary N) is 2. The van der Waals surface area contributed by atoms with Crippen LogP contribution < -0.4 is 22.3 Å². The molecular weight excluding hydrogens is 330 g/mol. The molecule has 0 spiro atoms. The molecule has 12 nitrogen and oxygen atoms in total. The van der Waals surface area contributed by atoms with Crippen molar-refractivity contribution in [3.8, 4) is 0 Å². The number of aliphatic hydroxyl groups excluding tert-OH is 1. The van der Waals surface area contributed by atoms with E-state index in [1.54, 1.807) is 0 Å². The van der Waals surface area contributed by atoms with Gasteiger partial charge >= 0.3 is 5.69 Å². The number of carbonyl (C=O) groups is 1. The van der Waals surface area contributed by atoms with Crippen LogP contribution in [0.3, 0.4) is 0 Å². The zero-order valence-corrected chi connectivity index (χ0v) is 13.2. The summed E-state index contributed by atoms with van der Waals surface area (Å²) in [5.74, 6) is -0.504. The molecule has 3 aromatic heterocycles. The van der Waals surface area contributed by atoms with E-state index in [9.17, 15) is 9.59 Å². The van der Waals surface area contributed by atoms with Gasteiger partial charge in [0.05, 0.1) is 19.3 Å². The predicted molar refractivity (Wildman–Crippen MR) is 87.4 cm³/mol. The molecule has 0 aliphatic carbocycles. The summed E-state index contributed by atoms with van der Waals surface area (Å²) in [4.78, 5) is 40.0. The number of aliphatic hydroxyl groups is 1. The largest absolute Gasteiger partial charge is 0.395 e. The number of hydrogen-bond acceptors (Lipinski definition) is 9. The molecule has 12 heteroatoms. The van der Waals surface area contributed by atoms with Gasteiger partial charge in [0.1, 0.15) is 11.2 Å². The van der Waals surface area contributed by atoms with Gasteiger partial charge < -0.3 is 10.8 Å². The van der Waals surface area contributed by atoms with E-state index in [2.05, 4.69) is 30.8 Å². The highest BCUT2D eigenvalue weighted by Crippen LogP contribution is 2.19. The molecule has 25 heavy (non-hydrogen) atoms. The molecule has 3 aromatic rings. The van der Waals surface area contributed by atoms with Crippen LogP contribution in [0.1, 0.15) is 10.5 Å². The number of nitrogens with two attached hydrogens (primary N) is 1. The van der Waals surface area contributed by atoms with Gasteiger partial charge in [-0.15, -0.1) is 0 Å². The van der Waals surface area contributed by atoms with E-state index in [1.165, 1.54) is 34.8 Å². The van der Waals surface area contributed by atoms with Crippen LogP contribution in [0, 0.1) is 0 Å². The molecule has 0 aliphatic heterocycles. The second-order valence-corrected chi connectivity index (χ2v) is 4.99. The average molecular weight is 345 g/mol. The Labute approximate surface area is 140 Å². The quantitative estimate of drug-likeness (QED) is 0.392. The molecule has 130 valence electrons. The van der Waals surface area contributed by atoms with Crippen LogP contribution in [0.25, 0.3) is 11.2 Å². The number of nitrogen functional groups attached to an aromatic ring is 1. The molecule has 0 saturated heterocycles. The Kier molecular flexibility index (Phi) is 4.26. The van der Waals surface area contributed by atoms with Crippen LogP contribution in [0.15, 0.2) is 23.4 Å². The number of rotatable bonds is 5. The summed E-state index contributed by atoms with van der Waals surface area (Å²) in [5.41, 5.74) is 11.0. The summed E-state index contributed by atoms with van der Waals surface area (Å²) in [6, 6.07) is 0. The second-order valence-electron chi connectivity index (χ2n) is 4.99. The summed E-state index contributed by atoms with van der Waals surface area (Å²) in [6.07, 6.45) is 4.13. The van der Waals surface area contributed by atoms with Crippen LogP contribution in [-0.2, 0) is 13.6 Å². The van der Waals surface area contributed by atoms with Gasteiger partial charge in [-0.3, -0.25) is 29.8 Å². The number of aryl methyl sites for hydroxylation is 1. The van der Waals surface area contributed by atoms with Crippen molar-refractivity contribution < 1.29 is 9.90 Å². The molecule has 0 aliphatic rings. The molecule has 3 rings (SSSR count). The summed E-state index contributed by atoms with van der Waals surface area (Å²) < 4.78 is 2.56. The molecule has 0 unspecified atom stereocenters. The number of aromatic nitrogens is 6. The zero-order chi connectivity index (χ0) is 18.0. The van der Waals surface area contributed by atoms with Gasteiger partial charge in [0.15, 0.2) is 11.5 Å². The number of fused-ring (bicyclic) bond motifs is 1. The van der Waals surface area contributed by atoms with E-state index >= 15 is 0 Å². The Bertz CT molecular complexity index is 980. The van der Waals surface area contributed by atoms with Crippen molar-refractivity contribution in [2.24, 2.45) is 7.05 Å². The van der Waals surface area contributed by atoms with E-state index < -0.39 is 11.6 Å². The van der Waals surface area contributed by atoms with Crippen molar-refractivity contribution in [3.63, 3.8) is 0 Å². The van der Waals surface area contributed by atoms with Gasteiger partial charge in [0.25, 0.3) is 5.91 Å². The first-order valence-electron chi connectivity index (χ1n) is 7.19. The van der Waals surface area contributed by atoms with Crippen LogP contribution in [-0.4, -0.2) is 46.7 Å². The monoisotopic (exact) mass is 345 g/mol. The highest BCUT2D eigenvalue weighted by Gasteiger charge is 2.18. The fraction of sp³-hybridized carbons (Fsp3) is 0.231. The number of carbonyl (C=O) groups excluding carboxylic acids is 1. The number of imidazole rings is 1. The van der Waals surface area contributed by atoms with Crippen molar-refractivity contribution in [2.45, 2.75) is 6.54 Å². The second kappa shape index (κ2) is 6.52. The Morgan fingerprint density at radius 2 is 2.16 bits per heavy atom. The maximum Gasteiger partial charge on any atom is 0.330 e. The molecule has 0 bridgehead atoms. The third-order valence-electron chi connectivity index (χ3n) is 3.41. The molecule has 0 atom stereocenters. The first-order valence-corrected chi connectivity index (χ1v) is 7.19. The van der Waals surface area contributed by atoms with E-state index in [0.717, 1.165) is 0 Å². The lowest BCUT2D eigenvalue weighted by atomic mass is 10.4. The molecule has 0 aromatic carbocycles. The van der Waals surface area contributed by atoms with Gasteiger partial charge in [-0.25, -0.2) is 9.78 Å². The molecule has 3 heterocycles. The lowest BCUT2D eigenvalue weighted by Gasteiger charge is -2.09. The predicted octanol–water partition coefficient (Wildman–Crippen LogP) is -1.75. The maximum absolute atomic E-state index is 12.3. The van der Waals surface area contributed by atoms with Gasteiger partial charge in [-0.2, -0.15) is 9.97 Å². The SMILES string of the molecule is Cn1c(=O)n(CCO)c2nc(N)nc(NNC(=O)c3cnccn3)c21. The van der Waals surface area contributed by atoms with Crippen LogP contribution >= 0.6 is 0 Å². The van der Waals surface area contributed by atoms with E-state index in [1.807, 2.05) is 0 Å². The number of hydrazine groups is 1. The summed E-state index contributed by atoms with van der Waals surface area (Å²) in [5, 5.41) is 9.12. The lowest BCUT2D eigenvalue weighted by molar-refractivity contribution is 0.0957. The zero-order valence-electron chi connectivity index (χ0n) is 13.2. The van der Waals surface area contributed by atoms with Crippen LogP contribution in [0.2, 0.25) is 0 Å². The van der Waals surface area contributed by atoms with Gasteiger partial charge in [0, 0.05) is 19.4 Å². The molecule has 0 radical (unpaired) electrons. The lowest BCUT2D eigenvalue weighted by Crippen LogP contribution is -2.31. The normalized spacial score (nSPS) is 10.8. The van der Waals surface area contributed by atoms with Gasteiger partial charge in [-0.05, 0) is 0 Å². The minimum atomic E-state index is -0.543. The number of anilines is 2. The first kappa shape index (κ1) is 16.3. The first-order chi connectivity index (χ1) is 12.0. The van der Waals surface area contributed by atoms with Crippen molar-refractivity contribution in [3.05, 3.63) is 34.8 Å². The topological polar surface area (TPSA) is 166 Å². The van der Waals surface area contributed by atoms with Crippen molar-refractivity contribution in [1.29, 1.82) is 0 Å². The summed E-state index contributed by atoms with van der Waals surface area (Å²) in [6.45, 7) is -0.187. The fourth-order valence-electron chi connectivity index (χ4n) is 2.31. The number of amides is 1. The Hall–Kier alpha value is -3.54. The third-order valence-corrected chi connectivity index (χ3v) is 3.41. The Balaban J connectivity index is 1.98. The molecule has 0 fully saturated rings. The minimum absolute atomic E-state index is 0.0536. The third kappa shape index (κ3) is 2.97. The molecule has 1 amide bonds. The molecule has 5 N–H and O–H groups in total. The van der Waals surface area contributed by atoms with Gasteiger partial charge in [0.2, 0.25) is 5.95 Å². The minimum Gasteiger partial charge on any atom is -0.395 e. The van der Waals surface area contributed by atoms with Crippen molar-refractivity contribution in [1.82, 2.24) is 34.5 Å². The maximum atomic E-state index is 12.3. The van der Waals surface area contributed by atoms with Crippen molar-refractivity contribution >= 4 is 28.8 Å². The van der Waals surface area contributed by atoms with E-state index in [4.69, 9.17) is 10.8 Å². The Morgan fingerprint density at radius 3 is 2.84 bits per heavy atom. The molecular formula is C13H15N9O3. The molecule has 0 saturated carbocycles. The van der Waals surface area contributed by atoms with Gasteiger partial charge in [-0.1, -0.05) is 0 Å². The standard InChI is InChI=1S/C13H15N9O3/c1-21-8-9(19-20-11(24)7-6-15-2-3-16-7)17-12(14)18-10(8)22(4-5-23)13(21)25/h2-3,6,23H,4-5H2,1H3,(H,20,24)(H3,14,17,18,19). The number of hydrogen-bond donors (Lipinski definition) is 4. The van der Waals surface area contributed by atoms with E-state index in [-0.39, 0.29) is 36.3 Å². The van der Waals surface area contributed by atoms with E-state index in [0.29, 0.717) is 5.52 Å². The average Bonchev–Trinajstić information content (AvgIpc) is 2.85. The van der Waals surface area contributed by atoms with Crippen LogP contribution in [0.4, 0.5) is 11.8 Å².